The van der Waals surface area contributed by atoms with E-state index in [1.807, 2.05) is 19.3 Å². The van der Waals surface area contributed by atoms with E-state index in [0.29, 0.717) is 23.6 Å². The van der Waals surface area contributed by atoms with Crippen molar-refractivity contribution in [3.63, 3.8) is 0 Å². The van der Waals surface area contributed by atoms with E-state index >= 15 is 0 Å². The van der Waals surface area contributed by atoms with Gasteiger partial charge in [0.2, 0.25) is 5.91 Å². The summed E-state index contributed by atoms with van der Waals surface area (Å²) in [6.07, 6.45) is 5.81. The van der Waals surface area contributed by atoms with Crippen LogP contribution in [0.25, 0.3) is 17.6 Å². The SMILES string of the molecule is COC1=Cc2nc(-c3n[nH]cc3NC(=O)C3C(C(C)(C)C)C=NN3C)[nH]c2CC1OC. The number of rotatable bonds is 5. The topological polar surface area (TPSA) is 121 Å². The van der Waals surface area contributed by atoms with Gasteiger partial charge in [-0.25, -0.2) is 4.98 Å². The molecule has 0 bridgehead atoms. The van der Waals surface area contributed by atoms with Crippen LogP contribution < -0.4 is 5.32 Å². The number of ether oxygens (including phenoxy) is 2. The van der Waals surface area contributed by atoms with E-state index in [-0.39, 0.29) is 23.3 Å². The van der Waals surface area contributed by atoms with Crippen molar-refractivity contribution in [3.8, 4) is 11.5 Å². The van der Waals surface area contributed by atoms with E-state index < -0.39 is 6.04 Å². The molecule has 4 rings (SSSR count). The van der Waals surface area contributed by atoms with Crippen molar-refractivity contribution < 1.29 is 14.3 Å². The van der Waals surface area contributed by atoms with Crippen molar-refractivity contribution in [1.29, 1.82) is 0 Å². The number of nitrogens with zero attached hydrogens (tertiary/aromatic N) is 4. The lowest BCUT2D eigenvalue weighted by atomic mass is 9.77. The fraction of sp³-hybridized carbons (Fsp3) is 0.524. The molecular weight excluding hydrogens is 398 g/mol. The van der Waals surface area contributed by atoms with Crippen molar-refractivity contribution >= 4 is 23.9 Å². The van der Waals surface area contributed by atoms with Gasteiger partial charge in [-0.3, -0.25) is 14.9 Å². The van der Waals surface area contributed by atoms with Crippen molar-refractivity contribution in [3.05, 3.63) is 23.3 Å². The number of hydrogen-bond acceptors (Lipinski definition) is 7. The molecule has 0 saturated carbocycles. The number of methoxy groups -OCH3 is 2. The van der Waals surface area contributed by atoms with E-state index in [1.54, 1.807) is 25.4 Å². The summed E-state index contributed by atoms with van der Waals surface area (Å²) in [4.78, 5) is 21.1. The van der Waals surface area contributed by atoms with Crippen LogP contribution in [0.1, 0.15) is 32.2 Å². The first-order valence-electron chi connectivity index (χ1n) is 10.2. The molecule has 2 aromatic rings. The van der Waals surface area contributed by atoms with Crippen molar-refractivity contribution in [2.24, 2.45) is 16.4 Å². The predicted molar refractivity (Wildman–Crippen MR) is 117 cm³/mol. The zero-order valence-corrected chi connectivity index (χ0v) is 18.7. The van der Waals surface area contributed by atoms with Crippen LogP contribution in [0, 0.1) is 11.3 Å². The van der Waals surface area contributed by atoms with Gasteiger partial charge in [-0.05, 0) is 5.41 Å². The van der Waals surface area contributed by atoms with E-state index in [1.165, 1.54) is 0 Å². The highest BCUT2D eigenvalue weighted by Crippen LogP contribution is 2.34. The number of imidazole rings is 1. The Labute approximate surface area is 181 Å². The second kappa shape index (κ2) is 7.84. The highest BCUT2D eigenvalue weighted by Gasteiger charge is 2.42. The maximum Gasteiger partial charge on any atom is 0.249 e. The summed E-state index contributed by atoms with van der Waals surface area (Å²) in [5.74, 6) is 1.14. The number of anilines is 1. The maximum atomic E-state index is 13.2. The minimum Gasteiger partial charge on any atom is -0.498 e. The molecule has 1 aliphatic heterocycles. The Morgan fingerprint density at radius 3 is 2.77 bits per heavy atom. The number of carbonyl (C=O) groups excluding carboxylic acids is 1. The van der Waals surface area contributed by atoms with Gasteiger partial charge in [-0.1, -0.05) is 20.8 Å². The highest BCUT2D eigenvalue weighted by molar-refractivity contribution is 5.99. The number of fused-ring (bicyclic) bond motifs is 1. The van der Waals surface area contributed by atoms with Gasteiger partial charge in [0.15, 0.2) is 11.5 Å². The minimum absolute atomic E-state index is 0.00708. The quantitative estimate of drug-likeness (QED) is 0.673. The summed E-state index contributed by atoms with van der Waals surface area (Å²) in [6.45, 7) is 6.32. The highest BCUT2D eigenvalue weighted by atomic mass is 16.5. The number of aromatic amines is 2. The molecule has 0 radical (unpaired) electrons. The average molecular weight is 428 g/mol. The third kappa shape index (κ3) is 3.83. The van der Waals surface area contributed by atoms with Crippen molar-refractivity contribution in [2.75, 3.05) is 26.6 Å². The normalized spacial score (nSPS) is 23.0. The third-order valence-corrected chi connectivity index (χ3v) is 5.86. The smallest absolute Gasteiger partial charge is 0.249 e. The van der Waals surface area contributed by atoms with Crippen LogP contribution in [-0.2, 0) is 20.7 Å². The van der Waals surface area contributed by atoms with Crippen LogP contribution in [0.15, 0.2) is 17.1 Å². The molecule has 10 heteroatoms. The largest absolute Gasteiger partial charge is 0.498 e. The molecule has 0 fully saturated rings. The second-order valence-corrected chi connectivity index (χ2v) is 8.94. The first kappa shape index (κ1) is 21.1. The van der Waals surface area contributed by atoms with Gasteiger partial charge < -0.3 is 19.8 Å². The number of carbonyl (C=O) groups is 1. The summed E-state index contributed by atoms with van der Waals surface area (Å²) >= 11 is 0. The molecule has 10 nitrogen and oxygen atoms in total. The van der Waals surface area contributed by atoms with Gasteiger partial charge in [0.1, 0.15) is 17.9 Å². The maximum absolute atomic E-state index is 13.2. The summed E-state index contributed by atoms with van der Waals surface area (Å²) in [7, 11) is 5.08. The monoisotopic (exact) mass is 427 g/mol. The van der Waals surface area contributed by atoms with Crippen LogP contribution in [-0.4, -0.2) is 70.7 Å². The van der Waals surface area contributed by atoms with Crippen LogP contribution >= 0.6 is 0 Å². The van der Waals surface area contributed by atoms with Crippen LogP contribution in [0.5, 0.6) is 0 Å². The van der Waals surface area contributed by atoms with Gasteiger partial charge in [-0.2, -0.15) is 10.2 Å². The zero-order chi connectivity index (χ0) is 22.3. The molecule has 2 aromatic heterocycles. The lowest BCUT2D eigenvalue weighted by Crippen LogP contribution is -2.45. The number of nitrogens with one attached hydrogen (secondary N) is 3. The fourth-order valence-electron chi connectivity index (χ4n) is 4.08. The summed E-state index contributed by atoms with van der Waals surface area (Å²) in [6, 6.07) is -0.401. The zero-order valence-electron chi connectivity index (χ0n) is 18.7. The lowest BCUT2D eigenvalue weighted by molar-refractivity contribution is -0.122. The molecule has 1 amide bonds. The molecule has 31 heavy (non-hydrogen) atoms. The predicted octanol–water partition coefficient (Wildman–Crippen LogP) is 2.26. The van der Waals surface area contributed by atoms with Crippen LogP contribution in [0.3, 0.4) is 0 Å². The van der Waals surface area contributed by atoms with Crippen molar-refractivity contribution in [2.45, 2.75) is 39.3 Å². The molecule has 3 atom stereocenters. The third-order valence-electron chi connectivity index (χ3n) is 5.86. The Balaban J connectivity index is 1.58. The van der Waals surface area contributed by atoms with E-state index in [2.05, 4.69) is 51.4 Å². The molecule has 3 N–H and O–H groups in total. The van der Waals surface area contributed by atoms with Crippen molar-refractivity contribution in [1.82, 2.24) is 25.2 Å². The summed E-state index contributed by atoms with van der Waals surface area (Å²) < 4.78 is 10.9. The molecule has 166 valence electrons. The Morgan fingerprint density at radius 1 is 1.32 bits per heavy atom. The lowest BCUT2D eigenvalue weighted by Gasteiger charge is -2.31. The number of H-pyrrole nitrogens is 2. The van der Waals surface area contributed by atoms with E-state index in [0.717, 1.165) is 17.1 Å². The van der Waals surface area contributed by atoms with Gasteiger partial charge in [0.25, 0.3) is 0 Å². The Bertz CT molecular complexity index is 1030. The molecule has 0 saturated heterocycles. The Kier molecular flexibility index (Phi) is 5.34. The molecular formula is C21H29N7O3. The van der Waals surface area contributed by atoms with Gasteiger partial charge in [0, 0.05) is 50.7 Å². The standard InChI is InChI=1S/C21H29N7O3/c1-21(2,3)11-9-23-28(4)18(11)20(29)26-14-10-22-27-17(14)19-24-12-7-15(30-5)16(31-6)8-13(12)25-19/h7,9-11,16,18H,8H2,1-6H3,(H,22,27)(H,24,25)(H,26,29). The first-order valence-corrected chi connectivity index (χ1v) is 10.2. The van der Waals surface area contributed by atoms with Crippen LogP contribution in [0.2, 0.25) is 0 Å². The number of aromatic nitrogens is 4. The van der Waals surface area contributed by atoms with Gasteiger partial charge in [-0.15, -0.1) is 0 Å². The van der Waals surface area contributed by atoms with Crippen LogP contribution in [0.4, 0.5) is 5.69 Å². The van der Waals surface area contributed by atoms with Gasteiger partial charge in [0.05, 0.1) is 18.5 Å². The summed E-state index contributed by atoms with van der Waals surface area (Å²) in [5, 5.41) is 16.2. The number of likely N-dealkylation sites (N-methyl/N-ethyl adjacent to an activating group) is 1. The first-order chi connectivity index (χ1) is 14.7. The number of hydrogen-bond donors (Lipinski definition) is 3. The number of amides is 1. The molecule has 1 aliphatic carbocycles. The van der Waals surface area contributed by atoms with E-state index in [9.17, 15) is 4.79 Å². The number of hydrazone groups is 1. The van der Waals surface area contributed by atoms with E-state index in [4.69, 9.17) is 9.47 Å². The Hall–Kier alpha value is -3.14. The summed E-state index contributed by atoms with van der Waals surface area (Å²) in [5.41, 5.74) is 2.71. The molecule has 2 aliphatic rings. The molecule has 0 spiro atoms. The average Bonchev–Trinajstić information content (AvgIpc) is 3.43. The molecule has 3 heterocycles. The second-order valence-electron chi connectivity index (χ2n) is 8.94. The van der Waals surface area contributed by atoms with Gasteiger partial charge >= 0.3 is 0 Å². The fourth-order valence-corrected chi connectivity index (χ4v) is 4.08. The molecule has 3 unspecified atom stereocenters. The Morgan fingerprint density at radius 2 is 2.10 bits per heavy atom. The molecule has 0 aromatic carbocycles. The minimum atomic E-state index is -0.401.